The maximum absolute atomic E-state index is 13.5. The summed E-state index contributed by atoms with van der Waals surface area (Å²) in [5.41, 5.74) is 12.7. The first-order chi connectivity index (χ1) is 17.4. The highest BCUT2D eigenvalue weighted by atomic mass is 32.1. The summed E-state index contributed by atoms with van der Waals surface area (Å²) in [4.78, 5) is 34.0. The van der Waals surface area contributed by atoms with Crippen LogP contribution in [0.25, 0.3) is 20.7 Å². The van der Waals surface area contributed by atoms with Crippen molar-refractivity contribution in [1.82, 2.24) is 9.97 Å². The molecule has 0 saturated heterocycles. The summed E-state index contributed by atoms with van der Waals surface area (Å²) in [5.74, 6) is -1.15. The number of aromatic carboxylic acids is 1. The number of rotatable bonds is 6. The van der Waals surface area contributed by atoms with Crippen molar-refractivity contribution in [3.05, 3.63) is 102 Å². The van der Waals surface area contributed by atoms with Gasteiger partial charge >= 0.3 is 5.97 Å². The Morgan fingerprint density at radius 2 is 1.69 bits per heavy atom. The van der Waals surface area contributed by atoms with Gasteiger partial charge < -0.3 is 10.8 Å². The smallest absolute Gasteiger partial charge is 0.335 e. The summed E-state index contributed by atoms with van der Waals surface area (Å²) >= 11 is 1.61. The predicted molar refractivity (Wildman–Crippen MR) is 142 cm³/mol. The van der Waals surface area contributed by atoms with E-state index >= 15 is 0 Å². The Kier molecular flexibility index (Phi) is 6.05. The van der Waals surface area contributed by atoms with Gasteiger partial charge in [-0.1, -0.05) is 18.2 Å². The minimum absolute atomic E-state index is 0.116. The van der Waals surface area contributed by atoms with Crippen LogP contribution in [0.2, 0.25) is 0 Å². The van der Waals surface area contributed by atoms with E-state index in [1.807, 2.05) is 61.5 Å². The molecule has 0 bridgehead atoms. The fourth-order valence-electron chi connectivity index (χ4n) is 3.86. The number of amides is 1. The van der Waals surface area contributed by atoms with E-state index in [1.165, 1.54) is 29.3 Å². The van der Waals surface area contributed by atoms with Crippen LogP contribution in [0.4, 0.5) is 17.3 Å². The molecule has 0 atom stereocenters. The number of aromatic nitrogens is 2. The molecule has 1 amide bonds. The monoisotopic (exact) mass is 495 g/mol. The molecular formula is C27H21N5O3S. The van der Waals surface area contributed by atoms with Gasteiger partial charge in [0.15, 0.2) is 0 Å². The number of hydrazine groups is 1. The second kappa shape index (κ2) is 9.47. The van der Waals surface area contributed by atoms with Gasteiger partial charge in [0.1, 0.15) is 0 Å². The summed E-state index contributed by atoms with van der Waals surface area (Å²) in [6, 6.07) is 22.8. The van der Waals surface area contributed by atoms with E-state index in [2.05, 4.69) is 15.4 Å². The number of nitrogen functional groups attached to an aromatic ring is 1. The number of hydrogen-bond donors (Lipinski definition) is 3. The summed E-state index contributed by atoms with van der Waals surface area (Å²) in [7, 11) is 0. The van der Waals surface area contributed by atoms with E-state index in [9.17, 15) is 14.7 Å². The van der Waals surface area contributed by atoms with Crippen LogP contribution in [0.3, 0.4) is 0 Å². The van der Waals surface area contributed by atoms with Gasteiger partial charge in [-0.2, -0.15) is 0 Å². The average molecular weight is 496 g/mol. The van der Waals surface area contributed by atoms with Crippen LogP contribution in [0.15, 0.2) is 85.1 Å². The maximum Gasteiger partial charge on any atom is 0.335 e. The van der Waals surface area contributed by atoms with E-state index in [0.29, 0.717) is 11.3 Å². The van der Waals surface area contributed by atoms with Crippen LogP contribution >= 0.6 is 11.3 Å². The molecule has 2 heterocycles. The lowest BCUT2D eigenvalue weighted by Gasteiger charge is -2.25. The number of nitrogens with zero attached hydrogens (tertiary/aromatic N) is 3. The Labute approximate surface area is 210 Å². The van der Waals surface area contributed by atoms with Crippen LogP contribution in [0, 0.1) is 6.92 Å². The van der Waals surface area contributed by atoms with Crippen molar-refractivity contribution in [3.8, 4) is 10.6 Å². The first kappa shape index (κ1) is 23.0. The molecule has 5 aromatic rings. The molecule has 0 aliphatic carbocycles. The van der Waals surface area contributed by atoms with Gasteiger partial charge in [-0.15, -0.1) is 11.3 Å². The summed E-state index contributed by atoms with van der Waals surface area (Å²) < 4.78 is 1.08. The highest BCUT2D eigenvalue weighted by molar-refractivity contribution is 7.22. The molecule has 8 nitrogen and oxygen atoms in total. The van der Waals surface area contributed by atoms with Crippen LogP contribution < -0.4 is 16.2 Å². The second-order valence-electron chi connectivity index (χ2n) is 8.04. The molecule has 178 valence electrons. The Hall–Kier alpha value is -4.76. The largest absolute Gasteiger partial charge is 0.478 e. The van der Waals surface area contributed by atoms with Gasteiger partial charge in [0.05, 0.1) is 27.5 Å². The van der Waals surface area contributed by atoms with Crippen molar-refractivity contribution in [2.75, 3.05) is 16.2 Å². The Balaban J connectivity index is 1.51. The van der Waals surface area contributed by atoms with Crippen molar-refractivity contribution in [3.63, 3.8) is 0 Å². The van der Waals surface area contributed by atoms with E-state index in [-0.39, 0.29) is 17.4 Å². The van der Waals surface area contributed by atoms with Crippen LogP contribution in [0.1, 0.15) is 26.3 Å². The first-order valence-electron chi connectivity index (χ1n) is 11.0. The zero-order valence-electron chi connectivity index (χ0n) is 19.2. The SMILES string of the molecule is Cc1c(-c2ccnc(N)n2)sc2ccc(NN(C(=O)c3ccc(C(=O)O)cc3)c3ccccc3)cc12. The highest BCUT2D eigenvalue weighted by Crippen LogP contribution is 2.38. The third-order valence-electron chi connectivity index (χ3n) is 5.68. The number of benzene rings is 3. The normalized spacial score (nSPS) is 10.8. The molecule has 2 aromatic heterocycles. The molecule has 4 N–H and O–H groups in total. The number of nitrogens with two attached hydrogens (primary N) is 1. The van der Waals surface area contributed by atoms with Crippen molar-refractivity contribution in [1.29, 1.82) is 0 Å². The summed E-state index contributed by atoms with van der Waals surface area (Å²) in [6.07, 6.45) is 1.64. The molecule has 5 rings (SSSR count). The lowest BCUT2D eigenvalue weighted by Crippen LogP contribution is -2.36. The Morgan fingerprint density at radius 1 is 0.972 bits per heavy atom. The van der Waals surface area contributed by atoms with Crippen molar-refractivity contribution < 1.29 is 14.7 Å². The fourth-order valence-corrected chi connectivity index (χ4v) is 5.02. The molecular weight excluding hydrogens is 474 g/mol. The molecule has 3 aromatic carbocycles. The number of hydrogen-bond acceptors (Lipinski definition) is 7. The number of thiophene rings is 1. The lowest BCUT2D eigenvalue weighted by molar-refractivity contribution is 0.0696. The summed E-state index contributed by atoms with van der Waals surface area (Å²) in [5, 5.41) is 11.7. The minimum Gasteiger partial charge on any atom is -0.478 e. The van der Waals surface area contributed by atoms with Gasteiger partial charge in [-0.05, 0) is 78.5 Å². The van der Waals surface area contributed by atoms with Gasteiger partial charge in [0, 0.05) is 16.5 Å². The number of para-hydroxylation sites is 1. The van der Waals surface area contributed by atoms with Crippen LogP contribution in [-0.2, 0) is 0 Å². The number of carboxylic acids is 1. The topological polar surface area (TPSA) is 121 Å². The number of fused-ring (bicyclic) bond motifs is 1. The Bertz CT molecular complexity index is 1580. The van der Waals surface area contributed by atoms with Gasteiger partial charge in [0.25, 0.3) is 5.91 Å². The quantitative estimate of drug-likeness (QED) is 0.261. The van der Waals surface area contributed by atoms with E-state index < -0.39 is 5.97 Å². The van der Waals surface area contributed by atoms with Crippen molar-refractivity contribution in [2.45, 2.75) is 6.92 Å². The van der Waals surface area contributed by atoms with E-state index in [4.69, 9.17) is 5.73 Å². The predicted octanol–water partition coefficient (Wildman–Crippen LogP) is 5.62. The Morgan fingerprint density at radius 3 is 2.39 bits per heavy atom. The summed E-state index contributed by atoms with van der Waals surface area (Å²) in [6.45, 7) is 2.03. The molecule has 0 aliphatic rings. The average Bonchev–Trinajstić information content (AvgIpc) is 3.23. The molecule has 9 heteroatoms. The zero-order valence-corrected chi connectivity index (χ0v) is 20.0. The standard InChI is InChI=1S/C27H21N5O3S/c1-16-21-15-19(11-12-23(21)36-24(16)22-13-14-29-27(28)30-22)31-32(20-5-3-2-4-6-20)25(33)17-7-9-18(10-8-17)26(34)35/h2-15,31H,1H3,(H,34,35)(H2,28,29,30). The number of carbonyl (C=O) groups is 2. The van der Waals surface area contributed by atoms with E-state index in [0.717, 1.165) is 31.9 Å². The van der Waals surface area contributed by atoms with Gasteiger partial charge in [-0.25, -0.2) is 19.8 Å². The fraction of sp³-hybridized carbons (Fsp3) is 0.0370. The molecule has 0 aliphatic heterocycles. The number of carbonyl (C=O) groups excluding carboxylic acids is 1. The number of nitrogens with one attached hydrogen (secondary N) is 1. The van der Waals surface area contributed by atoms with Gasteiger partial charge in [-0.3, -0.25) is 10.2 Å². The van der Waals surface area contributed by atoms with Crippen molar-refractivity contribution >= 4 is 50.6 Å². The number of anilines is 3. The van der Waals surface area contributed by atoms with E-state index in [1.54, 1.807) is 17.5 Å². The third-order valence-corrected chi connectivity index (χ3v) is 6.98. The number of aryl methyl sites for hydroxylation is 1. The lowest BCUT2D eigenvalue weighted by atomic mass is 10.1. The first-order valence-corrected chi connectivity index (χ1v) is 11.8. The minimum atomic E-state index is -1.05. The van der Waals surface area contributed by atoms with Crippen LogP contribution in [-0.4, -0.2) is 27.0 Å². The molecule has 36 heavy (non-hydrogen) atoms. The maximum atomic E-state index is 13.5. The molecule has 0 fully saturated rings. The van der Waals surface area contributed by atoms with Gasteiger partial charge in [0.2, 0.25) is 5.95 Å². The third kappa shape index (κ3) is 4.47. The molecule has 0 unspecified atom stereocenters. The van der Waals surface area contributed by atoms with Crippen LogP contribution in [0.5, 0.6) is 0 Å². The molecule has 0 radical (unpaired) electrons. The van der Waals surface area contributed by atoms with Crippen molar-refractivity contribution in [2.24, 2.45) is 0 Å². The molecule has 0 spiro atoms. The molecule has 0 saturated carbocycles. The number of carboxylic acid groups (broad SMARTS) is 1. The second-order valence-corrected chi connectivity index (χ2v) is 9.09. The zero-order chi connectivity index (χ0) is 25.2. The highest BCUT2D eigenvalue weighted by Gasteiger charge is 2.20.